The summed E-state index contributed by atoms with van der Waals surface area (Å²) in [5.41, 5.74) is 6.02. The van der Waals surface area contributed by atoms with Gasteiger partial charge in [0.05, 0.1) is 13.2 Å². The predicted octanol–water partition coefficient (Wildman–Crippen LogP) is 0.835. The maximum absolute atomic E-state index is 12.2. The van der Waals surface area contributed by atoms with Gasteiger partial charge in [-0.3, -0.25) is 4.79 Å². The number of methoxy groups -OCH3 is 1. The largest absolute Gasteiger partial charge is 0.399 e. The van der Waals surface area contributed by atoms with E-state index in [0.29, 0.717) is 27.8 Å². The van der Waals surface area contributed by atoms with Crippen molar-refractivity contribution in [3.8, 4) is 0 Å². The number of benzene rings is 1. The second-order valence-electron chi connectivity index (χ2n) is 3.98. The van der Waals surface area contributed by atoms with Crippen molar-refractivity contribution in [1.29, 1.82) is 0 Å². The molecule has 0 aliphatic heterocycles. The first-order valence-electron chi connectivity index (χ1n) is 5.77. The van der Waals surface area contributed by atoms with Gasteiger partial charge in [0.1, 0.15) is 4.90 Å². The van der Waals surface area contributed by atoms with Crippen LogP contribution < -0.4 is 15.8 Å². The maximum atomic E-state index is 12.2. The van der Waals surface area contributed by atoms with E-state index in [-0.39, 0.29) is 11.4 Å². The third-order valence-corrected chi connectivity index (χ3v) is 5.62. The van der Waals surface area contributed by atoms with E-state index in [1.807, 2.05) is 0 Å². The number of anilines is 1. The molecule has 0 heterocycles. The number of sulfonamides is 1. The zero-order valence-corrected chi connectivity index (χ0v) is 15.1. The minimum Gasteiger partial charge on any atom is -0.399 e. The zero-order chi connectivity index (χ0) is 16.0. The number of ether oxygens (including phenoxy) is 1. The fourth-order valence-electron chi connectivity index (χ4n) is 1.42. The summed E-state index contributed by atoms with van der Waals surface area (Å²) in [6.07, 6.45) is 0. The van der Waals surface area contributed by atoms with Gasteiger partial charge in [-0.2, -0.15) is 0 Å². The second-order valence-corrected chi connectivity index (χ2v) is 7.39. The number of nitrogens with two attached hydrogens (primary N) is 1. The molecule has 0 radical (unpaired) electrons. The summed E-state index contributed by atoms with van der Waals surface area (Å²) < 4.78 is 32.0. The van der Waals surface area contributed by atoms with Crippen LogP contribution in [0.25, 0.3) is 0 Å². The summed E-state index contributed by atoms with van der Waals surface area (Å²) in [5, 5.41) is 2.51. The molecule has 0 aliphatic carbocycles. The molecule has 0 saturated carbocycles. The molecule has 118 valence electrons. The van der Waals surface area contributed by atoms with Crippen molar-refractivity contribution in [3.05, 3.63) is 21.1 Å². The summed E-state index contributed by atoms with van der Waals surface area (Å²) in [6, 6.07) is 2.94. The second kappa shape index (κ2) is 8.08. The third kappa shape index (κ3) is 5.55. The fourth-order valence-corrected chi connectivity index (χ4v) is 5.02. The molecule has 1 aromatic carbocycles. The molecule has 0 saturated heterocycles. The number of halogens is 2. The van der Waals surface area contributed by atoms with Crippen LogP contribution >= 0.6 is 31.9 Å². The Morgan fingerprint density at radius 1 is 1.33 bits per heavy atom. The lowest BCUT2D eigenvalue weighted by Gasteiger charge is -2.11. The van der Waals surface area contributed by atoms with Crippen molar-refractivity contribution in [3.63, 3.8) is 0 Å². The van der Waals surface area contributed by atoms with Crippen LogP contribution in [0.15, 0.2) is 26.0 Å². The SMILES string of the molecule is COCCNC(=O)CNS(=O)(=O)c1c(Br)cc(N)cc1Br. The highest BCUT2D eigenvalue weighted by Gasteiger charge is 2.22. The Kier molecular flexibility index (Phi) is 7.07. The molecule has 0 aromatic heterocycles. The summed E-state index contributed by atoms with van der Waals surface area (Å²) in [4.78, 5) is 11.5. The molecule has 1 rings (SSSR count). The molecule has 1 aromatic rings. The Hall–Kier alpha value is -0.680. The highest BCUT2D eigenvalue weighted by Crippen LogP contribution is 2.32. The van der Waals surface area contributed by atoms with Gasteiger partial charge in [-0.15, -0.1) is 0 Å². The Balaban J connectivity index is 2.77. The highest BCUT2D eigenvalue weighted by atomic mass is 79.9. The number of carbonyl (C=O) groups is 1. The van der Waals surface area contributed by atoms with Crippen LogP contribution in [0.2, 0.25) is 0 Å². The first-order chi connectivity index (χ1) is 9.77. The molecule has 0 fully saturated rings. The molecule has 0 spiro atoms. The Morgan fingerprint density at radius 3 is 2.43 bits per heavy atom. The number of hydrogen-bond donors (Lipinski definition) is 3. The smallest absolute Gasteiger partial charge is 0.243 e. The van der Waals surface area contributed by atoms with Crippen LogP contribution in [0.1, 0.15) is 0 Å². The monoisotopic (exact) mass is 443 g/mol. The van der Waals surface area contributed by atoms with Gasteiger partial charge in [0.2, 0.25) is 15.9 Å². The van der Waals surface area contributed by atoms with Crippen LogP contribution in [0.4, 0.5) is 5.69 Å². The maximum Gasteiger partial charge on any atom is 0.243 e. The van der Waals surface area contributed by atoms with Crippen molar-refractivity contribution in [2.75, 3.05) is 32.5 Å². The standard InChI is InChI=1S/C11H15Br2N3O4S/c1-20-3-2-15-10(17)6-16-21(18,19)11-8(12)4-7(14)5-9(11)13/h4-5,16H,2-3,6,14H2,1H3,(H,15,17). The first-order valence-corrected chi connectivity index (χ1v) is 8.84. The Bertz CT molecular complexity index is 599. The van der Waals surface area contributed by atoms with E-state index in [0.717, 1.165) is 0 Å². The third-order valence-electron chi connectivity index (χ3n) is 2.34. The number of nitrogen functional groups attached to an aromatic ring is 1. The van der Waals surface area contributed by atoms with Gasteiger partial charge in [-0.1, -0.05) is 0 Å². The zero-order valence-electron chi connectivity index (χ0n) is 11.2. The minimum absolute atomic E-state index is 0.0126. The van der Waals surface area contributed by atoms with E-state index in [4.69, 9.17) is 10.5 Å². The normalized spacial score (nSPS) is 11.4. The van der Waals surface area contributed by atoms with Gasteiger partial charge >= 0.3 is 0 Å². The van der Waals surface area contributed by atoms with Crippen LogP contribution in [-0.2, 0) is 19.6 Å². The number of rotatable bonds is 7. The van der Waals surface area contributed by atoms with E-state index < -0.39 is 15.9 Å². The topological polar surface area (TPSA) is 111 Å². The van der Waals surface area contributed by atoms with Crippen LogP contribution in [-0.4, -0.2) is 41.1 Å². The Morgan fingerprint density at radius 2 is 1.90 bits per heavy atom. The summed E-state index contributed by atoms with van der Waals surface area (Å²) in [5.74, 6) is -0.446. The van der Waals surface area contributed by atoms with Crippen LogP contribution in [0.3, 0.4) is 0 Å². The van der Waals surface area contributed by atoms with Crippen molar-refractivity contribution >= 4 is 53.5 Å². The molecular weight excluding hydrogens is 430 g/mol. The first kappa shape index (κ1) is 18.4. The van der Waals surface area contributed by atoms with Gasteiger partial charge < -0.3 is 15.8 Å². The fraction of sp³-hybridized carbons (Fsp3) is 0.364. The van der Waals surface area contributed by atoms with Gasteiger partial charge in [0.25, 0.3) is 0 Å². The number of hydrogen-bond acceptors (Lipinski definition) is 5. The molecule has 7 nitrogen and oxygen atoms in total. The van der Waals surface area contributed by atoms with Crippen molar-refractivity contribution in [1.82, 2.24) is 10.0 Å². The highest BCUT2D eigenvalue weighted by molar-refractivity contribution is 9.11. The minimum atomic E-state index is -3.86. The molecular formula is C11H15Br2N3O4S. The van der Waals surface area contributed by atoms with E-state index in [1.165, 1.54) is 19.2 Å². The lowest BCUT2D eigenvalue weighted by Crippen LogP contribution is -2.38. The molecule has 1 amide bonds. The summed E-state index contributed by atoms with van der Waals surface area (Å²) in [7, 11) is -2.35. The molecule has 21 heavy (non-hydrogen) atoms. The number of amides is 1. The summed E-state index contributed by atoms with van der Waals surface area (Å²) in [6.45, 7) is 0.301. The van der Waals surface area contributed by atoms with Crippen LogP contribution in [0.5, 0.6) is 0 Å². The lowest BCUT2D eigenvalue weighted by atomic mass is 10.3. The Labute approximate surface area is 139 Å². The quantitative estimate of drug-likeness (QED) is 0.426. The molecule has 10 heteroatoms. The van der Waals surface area contributed by atoms with E-state index in [9.17, 15) is 13.2 Å². The predicted molar refractivity (Wildman–Crippen MR) is 86.3 cm³/mol. The van der Waals surface area contributed by atoms with Crippen molar-refractivity contribution < 1.29 is 17.9 Å². The van der Waals surface area contributed by atoms with Crippen molar-refractivity contribution in [2.45, 2.75) is 4.90 Å². The number of nitrogens with one attached hydrogen (secondary N) is 2. The van der Waals surface area contributed by atoms with E-state index in [2.05, 4.69) is 41.9 Å². The van der Waals surface area contributed by atoms with Gasteiger partial charge in [0.15, 0.2) is 0 Å². The van der Waals surface area contributed by atoms with Gasteiger partial charge in [-0.05, 0) is 44.0 Å². The van der Waals surface area contributed by atoms with E-state index in [1.54, 1.807) is 0 Å². The molecule has 0 unspecified atom stereocenters. The molecule has 4 N–H and O–H groups in total. The number of carbonyl (C=O) groups excluding carboxylic acids is 1. The molecule has 0 aliphatic rings. The average molecular weight is 445 g/mol. The van der Waals surface area contributed by atoms with Crippen LogP contribution in [0, 0.1) is 0 Å². The lowest BCUT2D eigenvalue weighted by molar-refractivity contribution is -0.120. The molecule has 0 atom stereocenters. The van der Waals surface area contributed by atoms with Crippen molar-refractivity contribution in [2.24, 2.45) is 0 Å². The van der Waals surface area contributed by atoms with Gasteiger partial charge in [0, 0.05) is 28.3 Å². The van der Waals surface area contributed by atoms with E-state index >= 15 is 0 Å². The average Bonchev–Trinajstić information content (AvgIpc) is 2.35. The van der Waals surface area contributed by atoms with Gasteiger partial charge in [-0.25, -0.2) is 13.1 Å². The molecule has 0 bridgehead atoms. The summed E-state index contributed by atoms with van der Waals surface area (Å²) >= 11 is 6.29.